The van der Waals surface area contributed by atoms with Crippen LogP contribution in [0, 0.1) is 0 Å². The van der Waals surface area contributed by atoms with Crippen molar-refractivity contribution in [2.24, 2.45) is 0 Å². The quantitative estimate of drug-likeness (QED) is 0.842. The highest BCUT2D eigenvalue weighted by Crippen LogP contribution is 2.21. The van der Waals surface area contributed by atoms with Crippen LogP contribution < -0.4 is 5.73 Å². The number of hydrogen-bond acceptors (Lipinski definition) is 3. The van der Waals surface area contributed by atoms with Gasteiger partial charge < -0.3 is 10.5 Å². The van der Waals surface area contributed by atoms with Crippen molar-refractivity contribution in [1.82, 2.24) is 4.90 Å². The Balaban J connectivity index is 1.91. The van der Waals surface area contributed by atoms with Crippen molar-refractivity contribution in [2.45, 2.75) is 38.8 Å². The summed E-state index contributed by atoms with van der Waals surface area (Å²) in [5, 5.41) is 0. The molecule has 1 aliphatic heterocycles. The fraction of sp³-hybridized carbons (Fsp3) is 0.600. The molecule has 1 saturated heterocycles. The first-order chi connectivity index (χ1) is 9.17. The normalized spacial score (nSPS) is 20.6. The molecule has 0 spiro atoms. The lowest BCUT2D eigenvalue weighted by atomic mass is 10.1. The molecule has 1 atom stereocenters. The minimum atomic E-state index is 0.401. The van der Waals surface area contributed by atoms with E-state index >= 15 is 0 Å². The van der Waals surface area contributed by atoms with Crippen LogP contribution in [-0.4, -0.2) is 30.7 Å². The Morgan fingerprint density at radius 2 is 2.26 bits per heavy atom. The highest BCUT2D eigenvalue weighted by molar-refractivity contribution is 9.10. The van der Waals surface area contributed by atoms with Crippen molar-refractivity contribution in [3.05, 3.63) is 28.2 Å². The molecule has 3 nitrogen and oxygen atoms in total. The predicted molar refractivity (Wildman–Crippen MR) is 83.1 cm³/mol. The number of nitrogens with two attached hydrogens (primary N) is 1. The molecule has 1 aromatic rings. The zero-order chi connectivity index (χ0) is 13.7. The van der Waals surface area contributed by atoms with Gasteiger partial charge in [-0.3, -0.25) is 4.90 Å². The topological polar surface area (TPSA) is 38.5 Å². The average Bonchev–Trinajstić information content (AvgIpc) is 2.35. The molecule has 2 N–H and O–H groups in total. The number of piperidine rings is 1. The molecule has 0 amide bonds. The fourth-order valence-corrected chi connectivity index (χ4v) is 3.16. The van der Waals surface area contributed by atoms with E-state index in [0.29, 0.717) is 6.10 Å². The molecular weight excluding hydrogens is 304 g/mol. The second-order valence-electron chi connectivity index (χ2n) is 5.26. The molecule has 2 rings (SSSR count). The Bertz CT molecular complexity index is 391. The van der Waals surface area contributed by atoms with E-state index in [4.69, 9.17) is 10.5 Å². The Hall–Kier alpha value is -0.580. The van der Waals surface area contributed by atoms with Crippen LogP contribution in [0.15, 0.2) is 22.7 Å². The molecule has 4 heteroatoms. The van der Waals surface area contributed by atoms with Gasteiger partial charge in [-0.05, 0) is 49.6 Å². The molecule has 106 valence electrons. The summed E-state index contributed by atoms with van der Waals surface area (Å²) in [5.74, 6) is 0. The summed E-state index contributed by atoms with van der Waals surface area (Å²) in [5.41, 5.74) is 7.97. The van der Waals surface area contributed by atoms with Crippen LogP contribution >= 0.6 is 15.9 Å². The SMILES string of the molecule is CCCOC1CCCN(Cc2cc(N)cc(Br)c2)C1. The second kappa shape index (κ2) is 7.27. The highest BCUT2D eigenvalue weighted by Gasteiger charge is 2.20. The van der Waals surface area contributed by atoms with Gasteiger partial charge in [-0.2, -0.15) is 0 Å². The predicted octanol–water partition coefficient (Wildman–Crippen LogP) is 3.42. The second-order valence-corrected chi connectivity index (χ2v) is 6.18. The van der Waals surface area contributed by atoms with E-state index in [1.807, 2.05) is 6.07 Å². The van der Waals surface area contributed by atoms with E-state index in [9.17, 15) is 0 Å². The first-order valence-corrected chi connectivity index (χ1v) is 7.85. The molecule has 0 aliphatic carbocycles. The van der Waals surface area contributed by atoms with E-state index in [-0.39, 0.29) is 0 Å². The molecule has 0 radical (unpaired) electrons. The van der Waals surface area contributed by atoms with Crippen LogP contribution in [0.4, 0.5) is 5.69 Å². The molecule has 1 fully saturated rings. The maximum Gasteiger partial charge on any atom is 0.0702 e. The Morgan fingerprint density at radius 1 is 1.42 bits per heavy atom. The highest BCUT2D eigenvalue weighted by atomic mass is 79.9. The average molecular weight is 327 g/mol. The number of likely N-dealkylation sites (tertiary alicyclic amines) is 1. The van der Waals surface area contributed by atoms with E-state index in [1.54, 1.807) is 0 Å². The minimum Gasteiger partial charge on any atom is -0.399 e. The number of nitrogen functional groups attached to an aromatic ring is 1. The molecule has 0 aromatic heterocycles. The zero-order valence-electron chi connectivity index (χ0n) is 11.6. The van der Waals surface area contributed by atoms with Crippen LogP contribution in [0.25, 0.3) is 0 Å². The molecule has 1 aromatic carbocycles. The van der Waals surface area contributed by atoms with Gasteiger partial charge in [0.25, 0.3) is 0 Å². The van der Waals surface area contributed by atoms with E-state index in [1.165, 1.54) is 18.4 Å². The summed E-state index contributed by atoms with van der Waals surface area (Å²) in [6.07, 6.45) is 3.91. The molecule has 1 unspecified atom stereocenters. The van der Waals surface area contributed by atoms with E-state index in [2.05, 4.69) is 39.9 Å². The molecular formula is C15H23BrN2O. The van der Waals surface area contributed by atoms with Crippen LogP contribution in [0.1, 0.15) is 31.7 Å². The largest absolute Gasteiger partial charge is 0.399 e. The number of halogens is 1. The lowest BCUT2D eigenvalue weighted by Crippen LogP contribution is -2.39. The van der Waals surface area contributed by atoms with Crippen molar-refractivity contribution < 1.29 is 4.74 Å². The van der Waals surface area contributed by atoms with Crippen LogP contribution in [-0.2, 0) is 11.3 Å². The van der Waals surface area contributed by atoms with Gasteiger partial charge in [0.05, 0.1) is 6.10 Å². The lowest BCUT2D eigenvalue weighted by molar-refractivity contribution is -0.00222. The number of hydrogen-bond donors (Lipinski definition) is 1. The Kier molecular flexibility index (Phi) is 5.67. The summed E-state index contributed by atoms with van der Waals surface area (Å²) in [6.45, 7) is 6.17. The number of rotatable bonds is 5. The smallest absolute Gasteiger partial charge is 0.0702 e. The van der Waals surface area contributed by atoms with Gasteiger partial charge in [-0.1, -0.05) is 22.9 Å². The maximum atomic E-state index is 5.88. The number of benzene rings is 1. The van der Waals surface area contributed by atoms with Crippen molar-refractivity contribution in [3.63, 3.8) is 0 Å². The van der Waals surface area contributed by atoms with Gasteiger partial charge in [-0.25, -0.2) is 0 Å². The summed E-state index contributed by atoms with van der Waals surface area (Å²) in [7, 11) is 0. The van der Waals surface area contributed by atoms with Gasteiger partial charge >= 0.3 is 0 Å². The van der Waals surface area contributed by atoms with Gasteiger partial charge in [-0.15, -0.1) is 0 Å². The van der Waals surface area contributed by atoms with Gasteiger partial charge in [0.15, 0.2) is 0 Å². The van der Waals surface area contributed by atoms with E-state index < -0.39 is 0 Å². The molecule has 0 saturated carbocycles. The summed E-state index contributed by atoms with van der Waals surface area (Å²) >= 11 is 3.50. The third-order valence-corrected chi connectivity index (χ3v) is 3.86. The first kappa shape index (κ1) is 14.8. The van der Waals surface area contributed by atoms with Gasteiger partial charge in [0.1, 0.15) is 0 Å². The van der Waals surface area contributed by atoms with Crippen LogP contribution in [0.3, 0.4) is 0 Å². The molecule has 1 aliphatic rings. The van der Waals surface area contributed by atoms with Crippen LogP contribution in [0.5, 0.6) is 0 Å². The third-order valence-electron chi connectivity index (χ3n) is 3.41. The fourth-order valence-electron chi connectivity index (χ4n) is 2.60. The molecule has 19 heavy (non-hydrogen) atoms. The van der Waals surface area contributed by atoms with Crippen LogP contribution in [0.2, 0.25) is 0 Å². The first-order valence-electron chi connectivity index (χ1n) is 7.06. The number of ether oxygens (including phenoxy) is 1. The Labute approximate surface area is 124 Å². The summed E-state index contributed by atoms with van der Waals surface area (Å²) < 4.78 is 6.93. The minimum absolute atomic E-state index is 0.401. The van der Waals surface area contributed by atoms with Crippen molar-refractivity contribution in [1.29, 1.82) is 0 Å². The van der Waals surface area contributed by atoms with E-state index in [0.717, 1.165) is 42.8 Å². The van der Waals surface area contributed by atoms with Gasteiger partial charge in [0.2, 0.25) is 0 Å². The van der Waals surface area contributed by atoms with Crippen molar-refractivity contribution in [2.75, 3.05) is 25.4 Å². The number of anilines is 1. The summed E-state index contributed by atoms with van der Waals surface area (Å²) in [4.78, 5) is 2.46. The lowest BCUT2D eigenvalue weighted by Gasteiger charge is -2.32. The Morgan fingerprint density at radius 3 is 3.00 bits per heavy atom. The van der Waals surface area contributed by atoms with Gasteiger partial charge in [0, 0.05) is 29.9 Å². The molecule has 1 heterocycles. The van der Waals surface area contributed by atoms with Crippen molar-refractivity contribution >= 4 is 21.6 Å². The maximum absolute atomic E-state index is 5.88. The standard InChI is InChI=1S/C15H23BrN2O/c1-2-6-19-15-4-3-5-18(11-15)10-12-7-13(16)9-14(17)8-12/h7-9,15H,2-6,10-11,17H2,1H3. The third kappa shape index (κ3) is 4.79. The monoisotopic (exact) mass is 326 g/mol. The summed E-state index contributed by atoms with van der Waals surface area (Å²) in [6, 6.07) is 6.14. The molecule has 0 bridgehead atoms. The zero-order valence-corrected chi connectivity index (χ0v) is 13.2. The number of nitrogens with zero attached hydrogens (tertiary/aromatic N) is 1. The van der Waals surface area contributed by atoms with Crippen molar-refractivity contribution in [3.8, 4) is 0 Å².